The quantitative estimate of drug-likeness (QED) is 0.768. The number of para-hydroxylation sites is 1. The minimum atomic E-state index is -0.184. The fourth-order valence-electron chi connectivity index (χ4n) is 1.78. The predicted molar refractivity (Wildman–Crippen MR) is 70.0 cm³/mol. The van der Waals surface area contributed by atoms with Crippen LogP contribution in [0, 0.1) is 0 Å². The molecule has 0 aromatic heterocycles. The van der Waals surface area contributed by atoms with Crippen LogP contribution in [0.15, 0.2) is 31.0 Å². The Balaban J connectivity index is 2.89. The van der Waals surface area contributed by atoms with Crippen molar-refractivity contribution < 1.29 is 9.53 Å². The average molecular weight is 233 g/mol. The van der Waals surface area contributed by atoms with Gasteiger partial charge in [-0.3, -0.25) is 4.79 Å². The van der Waals surface area contributed by atoms with Gasteiger partial charge in [0.2, 0.25) is 0 Å². The Hall–Kier alpha value is -1.77. The van der Waals surface area contributed by atoms with Crippen LogP contribution in [-0.2, 0) is 22.4 Å². The summed E-state index contributed by atoms with van der Waals surface area (Å²) < 4.78 is 4.65. The third kappa shape index (κ3) is 3.63. The molecule has 0 fully saturated rings. The van der Waals surface area contributed by atoms with Crippen LogP contribution < -0.4 is 5.32 Å². The van der Waals surface area contributed by atoms with E-state index in [0.717, 1.165) is 17.7 Å². The molecule has 92 valence electrons. The van der Waals surface area contributed by atoms with Crippen LogP contribution in [0.2, 0.25) is 0 Å². The van der Waals surface area contributed by atoms with E-state index in [1.165, 1.54) is 12.7 Å². The third-order valence-electron chi connectivity index (χ3n) is 2.69. The summed E-state index contributed by atoms with van der Waals surface area (Å²) in [4.78, 5) is 11.1. The number of methoxy groups -OCH3 is 1. The summed E-state index contributed by atoms with van der Waals surface area (Å²) in [6.07, 6.45) is 3.69. The van der Waals surface area contributed by atoms with E-state index in [9.17, 15) is 4.79 Å². The minimum absolute atomic E-state index is 0.184. The second-order valence-corrected chi connectivity index (χ2v) is 3.73. The lowest BCUT2D eigenvalue weighted by atomic mass is 10.0. The highest BCUT2D eigenvalue weighted by Gasteiger charge is 2.08. The Bertz CT molecular complexity index is 399. The monoisotopic (exact) mass is 233 g/mol. The number of hydrogen-bond donors (Lipinski definition) is 1. The van der Waals surface area contributed by atoms with Gasteiger partial charge in [-0.2, -0.15) is 0 Å². The van der Waals surface area contributed by atoms with Crippen molar-refractivity contribution in [2.45, 2.75) is 26.2 Å². The first-order valence-corrected chi connectivity index (χ1v) is 5.78. The number of nitrogens with one attached hydrogen (secondary N) is 1. The maximum atomic E-state index is 11.1. The first kappa shape index (κ1) is 13.3. The molecule has 17 heavy (non-hydrogen) atoms. The second-order valence-electron chi connectivity index (χ2n) is 3.73. The molecule has 0 aliphatic rings. The highest BCUT2D eigenvalue weighted by atomic mass is 16.5. The zero-order valence-corrected chi connectivity index (χ0v) is 10.5. The molecule has 1 aromatic rings. The van der Waals surface area contributed by atoms with Crippen molar-refractivity contribution in [3.63, 3.8) is 0 Å². The van der Waals surface area contributed by atoms with Crippen molar-refractivity contribution in [1.29, 1.82) is 0 Å². The van der Waals surface area contributed by atoms with Gasteiger partial charge in [0.15, 0.2) is 0 Å². The molecule has 0 aliphatic heterocycles. The molecule has 0 heterocycles. The van der Waals surface area contributed by atoms with Crippen molar-refractivity contribution in [3.8, 4) is 0 Å². The van der Waals surface area contributed by atoms with Crippen molar-refractivity contribution in [1.82, 2.24) is 0 Å². The molecule has 0 saturated carbocycles. The van der Waals surface area contributed by atoms with Gasteiger partial charge in [-0.25, -0.2) is 0 Å². The number of hydrogen-bond acceptors (Lipinski definition) is 3. The number of ether oxygens (including phenoxy) is 1. The molecular formula is C14H19NO2. The zero-order valence-electron chi connectivity index (χ0n) is 10.5. The molecule has 0 saturated heterocycles. The Morgan fingerprint density at radius 1 is 1.47 bits per heavy atom. The van der Waals surface area contributed by atoms with Crippen LogP contribution in [0.5, 0.6) is 0 Å². The van der Waals surface area contributed by atoms with Crippen molar-refractivity contribution in [2.24, 2.45) is 0 Å². The second kappa shape index (κ2) is 6.74. The van der Waals surface area contributed by atoms with Gasteiger partial charge in [-0.05, 0) is 30.2 Å². The first-order chi connectivity index (χ1) is 8.22. The number of aryl methyl sites for hydroxylation is 2. The van der Waals surface area contributed by atoms with E-state index in [-0.39, 0.29) is 5.97 Å². The molecule has 0 amide bonds. The topological polar surface area (TPSA) is 38.3 Å². The lowest BCUT2D eigenvalue weighted by Gasteiger charge is -2.13. The molecule has 1 N–H and O–H groups in total. The zero-order chi connectivity index (χ0) is 12.7. The number of carbonyl (C=O) groups excluding carboxylic acids is 1. The smallest absolute Gasteiger partial charge is 0.305 e. The van der Waals surface area contributed by atoms with E-state index < -0.39 is 0 Å². The summed E-state index contributed by atoms with van der Waals surface area (Å²) in [5.41, 5.74) is 3.41. The summed E-state index contributed by atoms with van der Waals surface area (Å²) >= 11 is 0. The van der Waals surface area contributed by atoms with E-state index in [1.54, 1.807) is 6.20 Å². The van der Waals surface area contributed by atoms with Gasteiger partial charge in [0.05, 0.1) is 7.11 Å². The fraction of sp³-hybridized carbons (Fsp3) is 0.357. The number of benzene rings is 1. The van der Waals surface area contributed by atoms with E-state index in [4.69, 9.17) is 0 Å². The number of anilines is 1. The predicted octanol–water partition coefficient (Wildman–Crippen LogP) is 2.91. The first-order valence-electron chi connectivity index (χ1n) is 5.78. The van der Waals surface area contributed by atoms with Gasteiger partial charge in [0, 0.05) is 12.1 Å². The van der Waals surface area contributed by atoms with Crippen molar-refractivity contribution in [3.05, 3.63) is 42.1 Å². The molecule has 0 unspecified atom stereocenters. The Morgan fingerprint density at radius 2 is 2.18 bits per heavy atom. The molecule has 0 bridgehead atoms. The van der Waals surface area contributed by atoms with Gasteiger partial charge in [0.1, 0.15) is 0 Å². The van der Waals surface area contributed by atoms with E-state index in [1.807, 2.05) is 12.1 Å². The maximum Gasteiger partial charge on any atom is 0.305 e. The SMILES string of the molecule is C=CNc1c(CC)cccc1CCC(=O)OC. The lowest BCUT2D eigenvalue weighted by molar-refractivity contribution is -0.140. The highest BCUT2D eigenvalue weighted by molar-refractivity contribution is 5.70. The maximum absolute atomic E-state index is 11.1. The molecule has 0 atom stereocenters. The summed E-state index contributed by atoms with van der Waals surface area (Å²) in [5, 5.41) is 3.15. The van der Waals surface area contributed by atoms with Crippen LogP contribution in [0.3, 0.4) is 0 Å². The molecule has 1 rings (SSSR count). The summed E-state index contributed by atoms with van der Waals surface area (Å²) in [6, 6.07) is 6.11. The van der Waals surface area contributed by atoms with Crippen molar-refractivity contribution in [2.75, 3.05) is 12.4 Å². The van der Waals surface area contributed by atoms with Gasteiger partial charge < -0.3 is 10.1 Å². The molecule has 3 nitrogen and oxygen atoms in total. The van der Waals surface area contributed by atoms with Crippen LogP contribution in [-0.4, -0.2) is 13.1 Å². The number of rotatable bonds is 6. The van der Waals surface area contributed by atoms with Gasteiger partial charge >= 0.3 is 5.97 Å². The van der Waals surface area contributed by atoms with E-state index in [0.29, 0.717) is 12.8 Å². The summed E-state index contributed by atoms with van der Waals surface area (Å²) in [6.45, 7) is 5.79. The largest absolute Gasteiger partial charge is 0.469 e. The molecular weight excluding hydrogens is 214 g/mol. The standard InChI is InChI=1S/C14H19NO2/c1-4-11-7-6-8-12(14(11)15-5-2)9-10-13(16)17-3/h5-8,15H,2,4,9-10H2,1,3H3. The molecule has 0 radical (unpaired) electrons. The summed E-state index contributed by atoms with van der Waals surface area (Å²) in [5.74, 6) is -0.184. The van der Waals surface area contributed by atoms with Crippen molar-refractivity contribution >= 4 is 11.7 Å². The molecule has 3 heteroatoms. The Labute approximate surface area is 102 Å². The van der Waals surface area contributed by atoms with Gasteiger partial charge in [-0.15, -0.1) is 0 Å². The van der Waals surface area contributed by atoms with Gasteiger partial charge in [-0.1, -0.05) is 31.7 Å². The molecule has 0 spiro atoms. The number of carbonyl (C=O) groups is 1. The third-order valence-corrected chi connectivity index (χ3v) is 2.69. The highest BCUT2D eigenvalue weighted by Crippen LogP contribution is 2.23. The van der Waals surface area contributed by atoms with E-state index in [2.05, 4.69) is 29.6 Å². The minimum Gasteiger partial charge on any atom is -0.469 e. The van der Waals surface area contributed by atoms with Crippen LogP contribution in [0.25, 0.3) is 0 Å². The Morgan fingerprint density at radius 3 is 2.76 bits per heavy atom. The van der Waals surface area contributed by atoms with Crippen LogP contribution in [0.1, 0.15) is 24.5 Å². The molecule has 1 aromatic carbocycles. The van der Waals surface area contributed by atoms with E-state index >= 15 is 0 Å². The molecule has 0 aliphatic carbocycles. The average Bonchev–Trinajstić information content (AvgIpc) is 2.37. The Kier molecular flexibility index (Phi) is 5.27. The fourth-order valence-corrected chi connectivity index (χ4v) is 1.78. The number of esters is 1. The lowest BCUT2D eigenvalue weighted by Crippen LogP contribution is -2.05. The summed E-state index contributed by atoms with van der Waals surface area (Å²) in [7, 11) is 1.41. The van der Waals surface area contributed by atoms with Crippen LogP contribution in [0.4, 0.5) is 5.69 Å². The van der Waals surface area contributed by atoms with Crippen LogP contribution >= 0.6 is 0 Å². The van der Waals surface area contributed by atoms with Gasteiger partial charge in [0.25, 0.3) is 0 Å². The normalized spacial score (nSPS) is 9.76.